The summed E-state index contributed by atoms with van der Waals surface area (Å²) in [4.78, 5) is 9.95. The van der Waals surface area contributed by atoms with Crippen LogP contribution in [0.5, 0.6) is 0 Å². The van der Waals surface area contributed by atoms with Gasteiger partial charge in [-0.1, -0.05) is 102 Å². The Balaban J connectivity index is 1.43. The highest BCUT2D eigenvalue weighted by atomic mass is 14.9. The van der Waals surface area contributed by atoms with Gasteiger partial charge in [0.2, 0.25) is 0 Å². The summed E-state index contributed by atoms with van der Waals surface area (Å²) < 4.78 is 0. The molecule has 0 fully saturated rings. The molecule has 0 saturated carbocycles. The first kappa shape index (κ1) is 21.3. The fourth-order valence-electron chi connectivity index (χ4n) is 4.77. The van der Waals surface area contributed by atoms with Crippen molar-refractivity contribution in [1.82, 2.24) is 9.97 Å². The zero-order chi connectivity index (χ0) is 22.5. The van der Waals surface area contributed by atoms with Gasteiger partial charge in [-0.15, -0.1) is 0 Å². The predicted molar refractivity (Wildman–Crippen MR) is 138 cm³/mol. The van der Waals surface area contributed by atoms with Gasteiger partial charge < -0.3 is 0 Å². The van der Waals surface area contributed by atoms with Gasteiger partial charge >= 0.3 is 0 Å². The molecule has 0 spiro atoms. The monoisotopic (exact) mass is 430 g/mol. The molecule has 2 aliphatic carbocycles. The van der Waals surface area contributed by atoms with Crippen LogP contribution in [-0.2, 0) is 6.42 Å². The van der Waals surface area contributed by atoms with Gasteiger partial charge in [0.1, 0.15) is 0 Å². The predicted octanol–water partition coefficient (Wildman–Crippen LogP) is 7.87. The summed E-state index contributed by atoms with van der Waals surface area (Å²) in [6, 6.07) is 23.4. The van der Waals surface area contributed by atoms with E-state index >= 15 is 0 Å². The van der Waals surface area contributed by atoms with Crippen LogP contribution in [0.25, 0.3) is 17.0 Å². The molecule has 164 valence electrons. The van der Waals surface area contributed by atoms with Gasteiger partial charge in [0.15, 0.2) is 5.82 Å². The summed E-state index contributed by atoms with van der Waals surface area (Å²) in [5.74, 6) is 1.28. The molecule has 3 aromatic rings. The molecule has 0 N–H and O–H groups in total. The zero-order valence-electron chi connectivity index (χ0n) is 19.2. The fourth-order valence-corrected chi connectivity index (χ4v) is 4.77. The number of rotatable bonds is 5. The molecule has 2 heteroatoms. The number of nitrogens with zero attached hydrogens (tertiary/aromatic N) is 2. The minimum absolute atomic E-state index is 0.471. The minimum atomic E-state index is 0.471. The third kappa shape index (κ3) is 5.28. The molecular formula is C31H30N2. The molecule has 1 heterocycles. The summed E-state index contributed by atoms with van der Waals surface area (Å²) >= 11 is 0. The highest BCUT2D eigenvalue weighted by Gasteiger charge is 2.16. The fraction of sp³-hybridized carbons (Fsp3) is 0.226. The van der Waals surface area contributed by atoms with E-state index in [1.165, 1.54) is 22.3 Å². The van der Waals surface area contributed by atoms with Crippen molar-refractivity contribution in [3.63, 3.8) is 0 Å². The van der Waals surface area contributed by atoms with Gasteiger partial charge in [-0.05, 0) is 49.8 Å². The standard InChI is InChI=1S/C31H30N2/c1-23-19-24(17-18-28(20-23)25-11-5-2-6-12-25)21-29-22-30(26-13-7-3-8-14-26)33-31(32-29)27-15-9-4-10-16-27/h2,4-7,9-16,19-20,22,28H,3,8,17-18,21H2,1H3. The lowest BCUT2D eigenvalue weighted by Gasteiger charge is -2.14. The van der Waals surface area contributed by atoms with Gasteiger partial charge in [0.25, 0.3) is 0 Å². The van der Waals surface area contributed by atoms with E-state index in [-0.39, 0.29) is 0 Å². The summed E-state index contributed by atoms with van der Waals surface area (Å²) in [6.45, 7) is 2.22. The van der Waals surface area contributed by atoms with E-state index < -0.39 is 0 Å². The maximum Gasteiger partial charge on any atom is 0.160 e. The Kier molecular flexibility index (Phi) is 6.44. The van der Waals surface area contributed by atoms with Crippen molar-refractivity contribution in [2.45, 2.75) is 44.9 Å². The van der Waals surface area contributed by atoms with Gasteiger partial charge in [-0.3, -0.25) is 0 Å². The van der Waals surface area contributed by atoms with E-state index in [1.54, 1.807) is 0 Å². The zero-order valence-corrected chi connectivity index (χ0v) is 19.2. The van der Waals surface area contributed by atoms with Gasteiger partial charge in [-0.2, -0.15) is 0 Å². The van der Waals surface area contributed by atoms with Crippen LogP contribution >= 0.6 is 0 Å². The van der Waals surface area contributed by atoms with E-state index in [0.29, 0.717) is 5.92 Å². The van der Waals surface area contributed by atoms with Crippen LogP contribution in [0.2, 0.25) is 0 Å². The van der Waals surface area contributed by atoms with Crippen molar-refractivity contribution in [3.8, 4) is 11.4 Å². The van der Waals surface area contributed by atoms with E-state index in [2.05, 4.69) is 98.0 Å². The van der Waals surface area contributed by atoms with Crippen LogP contribution in [0.3, 0.4) is 0 Å². The second-order valence-electron chi connectivity index (χ2n) is 9.02. The van der Waals surface area contributed by atoms with Crippen molar-refractivity contribution in [1.29, 1.82) is 0 Å². The second kappa shape index (κ2) is 9.95. The average Bonchev–Trinajstić information content (AvgIpc) is 3.06. The van der Waals surface area contributed by atoms with Crippen molar-refractivity contribution in [3.05, 3.63) is 125 Å². The van der Waals surface area contributed by atoms with Crippen LogP contribution in [-0.4, -0.2) is 9.97 Å². The minimum Gasteiger partial charge on any atom is -0.233 e. The third-order valence-electron chi connectivity index (χ3n) is 6.41. The highest BCUT2D eigenvalue weighted by molar-refractivity contribution is 5.74. The first-order valence-electron chi connectivity index (χ1n) is 12.0. The molecule has 1 atom stereocenters. The molecule has 2 aliphatic rings. The quantitative estimate of drug-likeness (QED) is 0.411. The van der Waals surface area contributed by atoms with Crippen LogP contribution in [0.4, 0.5) is 0 Å². The van der Waals surface area contributed by atoms with E-state index in [4.69, 9.17) is 9.97 Å². The lowest BCUT2D eigenvalue weighted by Crippen LogP contribution is -2.03. The van der Waals surface area contributed by atoms with Gasteiger partial charge in [-0.25, -0.2) is 9.97 Å². The van der Waals surface area contributed by atoms with Crippen molar-refractivity contribution < 1.29 is 0 Å². The summed E-state index contributed by atoms with van der Waals surface area (Å²) in [6.07, 6.45) is 16.8. The lowest BCUT2D eigenvalue weighted by atomic mass is 9.92. The van der Waals surface area contributed by atoms with Crippen molar-refractivity contribution in [2.75, 3.05) is 0 Å². The molecule has 0 aliphatic heterocycles. The SMILES string of the molecule is CC1=CC(c2ccccc2)CCC(Cc2cc(C3=CCCC=C3)nc(-c3ccccc3)n2)=C1. The normalized spacial score (nSPS) is 18.2. The number of hydrogen-bond acceptors (Lipinski definition) is 2. The van der Waals surface area contributed by atoms with Crippen LogP contribution in [0.15, 0.2) is 108 Å². The average molecular weight is 431 g/mol. The Morgan fingerprint density at radius 2 is 1.70 bits per heavy atom. The molecule has 1 unspecified atom stereocenters. The van der Waals surface area contributed by atoms with E-state index in [1.807, 2.05) is 6.07 Å². The Morgan fingerprint density at radius 1 is 0.909 bits per heavy atom. The molecule has 33 heavy (non-hydrogen) atoms. The van der Waals surface area contributed by atoms with Gasteiger partial charge in [0, 0.05) is 23.6 Å². The van der Waals surface area contributed by atoms with Gasteiger partial charge in [0.05, 0.1) is 5.69 Å². The Hall–Kier alpha value is -3.52. The number of hydrogen-bond donors (Lipinski definition) is 0. The summed E-state index contributed by atoms with van der Waals surface area (Å²) in [7, 11) is 0. The molecule has 0 amide bonds. The molecule has 5 rings (SSSR count). The molecule has 0 radical (unpaired) electrons. The molecule has 1 aromatic heterocycles. The van der Waals surface area contributed by atoms with Crippen LogP contribution < -0.4 is 0 Å². The molecule has 2 aromatic carbocycles. The number of aromatic nitrogens is 2. The smallest absolute Gasteiger partial charge is 0.160 e. The third-order valence-corrected chi connectivity index (χ3v) is 6.41. The summed E-state index contributed by atoms with van der Waals surface area (Å²) in [5.41, 5.74) is 8.58. The largest absolute Gasteiger partial charge is 0.233 e. The molecule has 0 bridgehead atoms. The van der Waals surface area contributed by atoms with Crippen molar-refractivity contribution in [2.24, 2.45) is 0 Å². The van der Waals surface area contributed by atoms with Crippen LogP contribution in [0.1, 0.15) is 55.5 Å². The molecular weight excluding hydrogens is 400 g/mol. The highest BCUT2D eigenvalue weighted by Crippen LogP contribution is 2.31. The van der Waals surface area contributed by atoms with E-state index in [0.717, 1.165) is 54.9 Å². The topological polar surface area (TPSA) is 25.8 Å². The first-order valence-corrected chi connectivity index (χ1v) is 12.0. The Morgan fingerprint density at radius 3 is 2.45 bits per heavy atom. The van der Waals surface area contributed by atoms with E-state index in [9.17, 15) is 0 Å². The van der Waals surface area contributed by atoms with Crippen molar-refractivity contribution >= 4 is 5.57 Å². The number of benzene rings is 2. The molecule has 0 saturated heterocycles. The second-order valence-corrected chi connectivity index (χ2v) is 9.02. The molecule has 2 nitrogen and oxygen atoms in total. The number of allylic oxidation sites excluding steroid dienone is 8. The Bertz CT molecular complexity index is 1230. The first-order chi connectivity index (χ1) is 16.2. The lowest BCUT2D eigenvalue weighted by molar-refractivity contribution is 0.724. The van der Waals surface area contributed by atoms with Crippen LogP contribution in [0, 0.1) is 0 Å². The summed E-state index contributed by atoms with van der Waals surface area (Å²) in [5, 5.41) is 0. The maximum absolute atomic E-state index is 5.00. The Labute approximate surface area is 197 Å². The maximum atomic E-state index is 5.00.